The average molecular weight is 430 g/mol. The summed E-state index contributed by atoms with van der Waals surface area (Å²) in [4.78, 5) is 50.4. The van der Waals surface area contributed by atoms with Crippen molar-refractivity contribution in [2.45, 2.75) is 64.3 Å². The third-order valence-corrected chi connectivity index (χ3v) is 6.12. The largest absolute Gasteiger partial charge is 0.455 e. The van der Waals surface area contributed by atoms with Crippen LogP contribution in [0.3, 0.4) is 0 Å². The molecular weight excluding hydrogens is 398 g/mol. The van der Waals surface area contributed by atoms with Crippen molar-refractivity contribution >= 4 is 29.5 Å². The van der Waals surface area contributed by atoms with Crippen LogP contribution >= 0.6 is 0 Å². The molecule has 2 aliphatic rings. The third kappa shape index (κ3) is 5.83. The quantitative estimate of drug-likeness (QED) is 0.649. The Morgan fingerprint density at radius 2 is 1.90 bits per heavy atom. The molecule has 1 aliphatic carbocycles. The number of imide groups is 1. The van der Waals surface area contributed by atoms with Crippen molar-refractivity contribution in [3.05, 3.63) is 29.8 Å². The lowest BCUT2D eigenvalue weighted by Crippen LogP contribution is -2.45. The minimum Gasteiger partial charge on any atom is -0.455 e. The molecule has 168 valence electrons. The maximum Gasteiger partial charge on any atom is 0.321 e. The van der Waals surface area contributed by atoms with Crippen LogP contribution in [0.4, 0.5) is 10.5 Å². The van der Waals surface area contributed by atoms with Crippen LogP contribution in [0, 0.1) is 5.92 Å². The number of nitrogens with one attached hydrogen (secondary N) is 2. The lowest BCUT2D eigenvalue weighted by Gasteiger charge is -2.23. The van der Waals surface area contributed by atoms with E-state index in [2.05, 4.69) is 24.5 Å². The zero-order valence-corrected chi connectivity index (χ0v) is 18.2. The molecule has 1 heterocycles. The predicted molar refractivity (Wildman–Crippen MR) is 115 cm³/mol. The number of benzene rings is 1. The average Bonchev–Trinajstić information content (AvgIpc) is 3.40. The number of esters is 1. The number of para-hydroxylation sites is 1. The molecule has 8 nitrogen and oxygen atoms in total. The van der Waals surface area contributed by atoms with Gasteiger partial charge in [-0.05, 0) is 36.8 Å². The second-order valence-electron chi connectivity index (χ2n) is 8.38. The molecule has 0 aromatic heterocycles. The molecule has 0 bridgehead atoms. The lowest BCUT2D eigenvalue weighted by molar-refractivity contribution is -0.152. The van der Waals surface area contributed by atoms with Gasteiger partial charge >= 0.3 is 12.0 Å². The number of anilines is 1. The molecule has 31 heavy (non-hydrogen) atoms. The predicted octanol–water partition coefficient (Wildman–Crippen LogP) is 2.86. The van der Waals surface area contributed by atoms with Gasteiger partial charge < -0.3 is 15.0 Å². The zero-order chi connectivity index (χ0) is 22.4. The van der Waals surface area contributed by atoms with Crippen LogP contribution in [0.25, 0.3) is 0 Å². The van der Waals surface area contributed by atoms with Gasteiger partial charge in [0.05, 0.1) is 5.92 Å². The lowest BCUT2D eigenvalue weighted by atomic mass is 9.96. The first-order valence-electron chi connectivity index (χ1n) is 11.0. The minimum atomic E-state index is -0.688. The highest BCUT2D eigenvalue weighted by Crippen LogP contribution is 2.33. The van der Waals surface area contributed by atoms with Crippen LogP contribution in [0.5, 0.6) is 0 Å². The zero-order valence-electron chi connectivity index (χ0n) is 18.2. The van der Waals surface area contributed by atoms with Gasteiger partial charge in [0.15, 0.2) is 6.61 Å². The van der Waals surface area contributed by atoms with Gasteiger partial charge in [0.25, 0.3) is 5.91 Å². The number of hydrogen-bond donors (Lipinski definition) is 2. The fraction of sp³-hybridized carbons (Fsp3) is 0.565. The highest BCUT2D eigenvalue weighted by Gasteiger charge is 2.37. The van der Waals surface area contributed by atoms with Crippen LogP contribution in [0.1, 0.15) is 63.9 Å². The first-order chi connectivity index (χ1) is 14.9. The van der Waals surface area contributed by atoms with Crippen LogP contribution in [0.15, 0.2) is 24.3 Å². The van der Waals surface area contributed by atoms with Crippen molar-refractivity contribution in [2.75, 3.05) is 18.1 Å². The number of carbonyl (C=O) groups excluding carboxylic acids is 4. The molecule has 0 spiro atoms. The molecule has 2 N–H and O–H groups in total. The Morgan fingerprint density at radius 1 is 1.19 bits per heavy atom. The van der Waals surface area contributed by atoms with E-state index >= 15 is 0 Å². The summed E-state index contributed by atoms with van der Waals surface area (Å²) in [6, 6.07) is 7.23. The Kier molecular flexibility index (Phi) is 7.65. The fourth-order valence-corrected chi connectivity index (χ4v) is 4.18. The normalized spacial score (nSPS) is 19.9. The number of nitrogens with zero attached hydrogens (tertiary/aromatic N) is 1. The van der Waals surface area contributed by atoms with Crippen LogP contribution in [-0.2, 0) is 19.1 Å². The van der Waals surface area contributed by atoms with E-state index in [9.17, 15) is 19.2 Å². The molecule has 1 saturated carbocycles. The van der Waals surface area contributed by atoms with E-state index < -0.39 is 30.4 Å². The molecular formula is C23H31N3O5. The van der Waals surface area contributed by atoms with Gasteiger partial charge in [-0.1, -0.05) is 44.9 Å². The van der Waals surface area contributed by atoms with E-state index in [1.807, 2.05) is 24.3 Å². The number of amides is 4. The Balaban J connectivity index is 1.50. The van der Waals surface area contributed by atoms with Crippen molar-refractivity contribution in [1.82, 2.24) is 10.6 Å². The Labute approximate surface area is 182 Å². The molecule has 4 amide bonds. The smallest absolute Gasteiger partial charge is 0.321 e. The van der Waals surface area contributed by atoms with Crippen molar-refractivity contribution in [3.63, 3.8) is 0 Å². The number of ether oxygens (including phenoxy) is 1. The summed E-state index contributed by atoms with van der Waals surface area (Å²) in [6.07, 6.45) is 4.92. The topological polar surface area (TPSA) is 105 Å². The summed E-state index contributed by atoms with van der Waals surface area (Å²) in [5, 5.41) is 4.92. The summed E-state index contributed by atoms with van der Waals surface area (Å²) in [6.45, 7) is 3.86. The van der Waals surface area contributed by atoms with E-state index in [1.165, 1.54) is 0 Å². The van der Waals surface area contributed by atoms with E-state index in [-0.39, 0.29) is 30.8 Å². The second kappa shape index (κ2) is 10.4. The summed E-state index contributed by atoms with van der Waals surface area (Å²) in [5.41, 5.74) is 1.89. The molecule has 3 rings (SSSR count). The highest BCUT2D eigenvalue weighted by molar-refractivity contribution is 6.00. The molecule has 1 saturated heterocycles. The van der Waals surface area contributed by atoms with E-state index in [0.717, 1.165) is 43.4 Å². The van der Waals surface area contributed by atoms with E-state index in [4.69, 9.17) is 4.74 Å². The molecule has 1 aromatic carbocycles. The second-order valence-corrected chi connectivity index (χ2v) is 8.38. The maximum atomic E-state index is 12.6. The molecule has 2 fully saturated rings. The molecule has 1 aromatic rings. The Hall–Kier alpha value is -2.90. The van der Waals surface area contributed by atoms with Crippen molar-refractivity contribution in [2.24, 2.45) is 5.92 Å². The van der Waals surface area contributed by atoms with Crippen molar-refractivity contribution in [1.29, 1.82) is 0 Å². The minimum absolute atomic E-state index is 0.0391. The number of urea groups is 1. The fourth-order valence-electron chi connectivity index (χ4n) is 4.18. The van der Waals surface area contributed by atoms with Gasteiger partial charge in [-0.3, -0.25) is 19.7 Å². The number of rotatable bonds is 7. The number of carbonyl (C=O) groups is 4. The standard InChI is InChI=1S/C23H31N3O5/c1-3-15(2)18-10-6-7-11-19(18)26-13-16(12-21(26)28)22(29)31-14-20(27)25-23(30)24-17-8-4-5-9-17/h6-7,10-11,15-17H,3-5,8-9,12-14H2,1-2H3,(H2,24,25,27,30)/t15-,16+/m1/s1. The van der Waals surface area contributed by atoms with Gasteiger partial charge in [0.2, 0.25) is 5.91 Å². The Morgan fingerprint density at radius 3 is 2.61 bits per heavy atom. The van der Waals surface area contributed by atoms with Gasteiger partial charge in [0.1, 0.15) is 0 Å². The number of hydrogen-bond acceptors (Lipinski definition) is 5. The van der Waals surface area contributed by atoms with E-state index in [0.29, 0.717) is 0 Å². The van der Waals surface area contributed by atoms with Gasteiger partial charge in [0, 0.05) is 24.7 Å². The van der Waals surface area contributed by atoms with Crippen LogP contribution in [0.2, 0.25) is 0 Å². The third-order valence-electron chi connectivity index (χ3n) is 6.12. The first kappa shape index (κ1) is 22.8. The van der Waals surface area contributed by atoms with Gasteiger partial charge in [-0.2, -0.15) is 0 Å². The van der Waals surface area contributed by atoms with Gasteiger partial charge in [-0.15, -0.1) is 0 Å². The summed E-state index contributed by atoms with van der Waals surface area (Å²) in [7, 11) is 0. The van der Waals surface area contributed by atoms with Crippen LogP contribution < -0.4 is 15.5 Å². The maximum absolute atomic E-state index is 12.6. The summed E-state index contributed by atoms with van der Waals surface area (Å²) < 4.78 is 5.08. The Bertz CT molecular complexity index is 834. The van der Waals surface area contributed by atoms with E-state index in [1.54, 1.807) is 4.90 Å². The van der Waals surface area contributed by atoms with Crippen molar-refractivity contribution < 1.29 is 23.9 Å². The molecule has 1 aliphatic heterocycles. The monoisotopic (exact) mass is 429 g/mol. The van der Waals surface area contributed by atoms with Gasteiger partial charge in [-0.25, -0.2) is 4.79 Å². The van der Waals surface area contributed by atoms with Crippen molar-refractivity contribution in [3.8, 4) is 0 Å². The molecule has 0 radical (unpaired) electrons. The summed E-state index contributed by atoms with van der Waals surface area (Å²) in [5.74, 6) is -1.79. The van der Waals surface area contributed by atoms with Crippen LogP contribution in [-0.4, -0.2) is 43.0 Å². The molecule has 8 heteroatoms. The SMILES string of the molecule is CC[C@@H](C)c1ccccc1N1C[C@@H](C(=O)OCC(=O)NC(=O)NC2CCCC2)CC1=O. The first-order valence-corrected chi connectivity index (χ1v) is 11.0. The summed E-state index contributed by atoms with van der Waals surface area (Å²) >= 11 is 0. The molecule has 0 unspecified atom stereocenters. The highest BCUT2D eigenvalue weighted by atomic mass is 16.5. The molecule has 2 atom stereocenters.